The summed E-state index contributed by atoms with van der Waals surface area (Å²) >= 11 is 12.3. The maximum absolute atomic E-state index is 6.23. The number of hydrogen-bond acceptors (Lipinski definition) is 4. The van der Waals surface area contributed by atoms with Crippen molar-refractivity contribution in [2.24, 2.45) is 0 Å². The molecule has 1 N–H and O–H groups in total. The normalized spacial score (nSPS) is 15.3. The summed E-state index contributed by atoms with van der Waals surface area (Å²) in [7, 11) is 0. The number of nitrogens with zero attached hydrogens (tertiary/aromatic N) is 3. The Bertz CT molecular complexity index is 682. The van der Waals surface area contributed by atoms with E-state index >= 15 is 0 Å². The molecule has 2 heterocycles. The van der Waals surface area contributed by atoms with Crippen molar-refractivity contribution >= 4 is 40.7 Å². The molecule has 23 heavy (non-hydrogen) atoms. The molecule has 0 unspecified atom stereocenters. The highest BCUT2D eigenvalue weighted by molar-refractivity contribution is 6.43. The number of halogens is 2. The molecular weight excluding hydrogens is 331 g/mol. The molecule has 1 aliphatic heterocycles. The second kappa shape index (κ2) is 7.37. The molecule has 1 aromatic heterocycles. The number of rotatable bonds is 3. The van der Waals surface area contributed by atoms with Crippen LogP contribution in [0.3, 0.4) is 0 Å². The Hall–Kier alpha value is -1.52. The van der Waals surface area contributed by atoms with Crippen molar-refractivity contribution in [3.8, 4) is 0 Å². The lowest BCUT2D eigenvalue weighted by molar-refractivity contribution is 0.726. The Kier molecular flexibility index (Phi) is 5.23. The van der Waals surface area contributed by atoms with Crippen LogP contribution >= 0.6 is 23.2 Å². The number of nitrogens with one attached hydrogen (secondary N) is 1. The van der Waals surface area contributed by atoms with E-state index in [0.29, 0.717) is 21.7 Å². The second-order valence-electron chi connectivity index (χ2n) is 5.82. The summed E-state index contributed by atoms with van der Waals surface area (Å²) in [5.41, 5.74) is 1.64. The smallest absolute Gasteiger partial charge is 0.229 e. The van der Waals surface area contributed by atoms with Crippen molar-refractivity contribution in [2.75, 3.05) is 23.3 Å². The van der Waals surface area contributed by atoms with Gasteiger partial charge in [-0.05, 0) is 31.9 Å². The predicted octanol–water partition coefficient (Wildman–Crippen LogP) is 5.22. The molecule has 0 bridgehead atoms. The maximum atomic E-state index is 6.23. The molecule has 4 nitrogen and oxygen atoms in total. The zero-order valence-electron chi connectivity index (χ0n) is 13.1. The molecule has 1 aromatic carbocycles. The van der Waals surface area contributed by atoms with E-state index in [4.69, 9.17) is 23.2 Å². The lowest BCUT2D eigenvalue weighted by atomic mass is 10.2. The third-order valence-electron chi connectivity index (χ3n) is 3.97. The van der Waals surface area contributed by atoms with Gasteiger partial charge in [0.25, 0.3) is 0 Å². The van der Waals surface area contributed by atoms with Crippen LogP contribution in [0.2, 0.25) is 10.0 Å². The summed E-state index contributed by atoms with van der Waals surface area (Å²) < 4.78 is 0. The van der Waals surface area contributed by atoms with Gasteiger partial charge >= 0.3 is 0 Å². The van der Waals surface area contributed by atoms with Crippen molar-refractivity contribution in [2.45, 2.75) is 32.6 Å². The summed E-state index contributed by atoms with van der Waals surface area (Å²) in [6, 6.07) is 7.51. The SMILES string of the molecule is Cc1cc(N2CCCCCC2)nc(Nc2cccc(Cl)c2Cl)n1. The van der Waals surface area contributed by atoms with Crippen molar-refractivity contribution in [3.05, 3.63) is 40.0 Å². The molecule has 2 aromatic rings. The molecule has 1 fully saturated rings. The van der Waals surface area contributed by atoms with Crippen LogP contribution in [0, 0.1) is 6.92 Å². The largest absolute Gasteiger partial charge is 0.356 e. The Morgan fingerprint density at radius 1 is 1.04 bits per heavy atom. The van der Waals surface area contributed by atoms with Crippen LogP contribution in [-0.4, -0.2) is 23.1 Å². The van der Waals surface area contributed by atoms with Gasteiger partial charge in [0, 0.05) is 24.8 Å². The van der Waals surface area contributed by atoms with Gasteiger partial charge in [-0.15, -0.1) is 0 Å². The van der Waals surface area contributed by atoms with E-state index in [9.17, 15) is 0 Å². The van der Waals surface area contributed by atoms with Gasteiger partial charge in [0.2, 0.25) is 5.95 Å². The minimum absolute atomic E-state index is 0.482. The molecule has 6 heteroatoms. The minimum Gasteiger partial charge on any atom is -0.356 e. The van der Waals surface area contributed by atoms with Gasteiger partial charge in [-0.3, -0.25) is 0 Å². The van der Waals surface area contributed by atoms with E-state index in [1.165, 1.54) is 25.7 Å². The molecule has 3 rings (SSSR count). The quantitative estimate of drug-likeness (QED) is 0.824. The third-order valence-corrected chi connectivity index (χ3v) is 4.79. The van der Waals surface area contributed by atoms with E-state index in [1.807, 2.05) is 25.1 Å². The van der Waals surface area contributed by atoms with Crippen LogP contribution in [0.5, 0.6) is 0 Å². The third kappa shape index (κ3) is 4.06. The van der Waals surface area contributed by atoms with Gasteiger partial charge in [0.15, 0.2) is 0 Å². The van der Waals surface area contributed by atoms with Crippen LogP contribution in [0.25, 0.3) is 0 Å². The van der Waals surface area contributed by atoms with Crippen LogP contribution in [0.15, 0.2) is 24.3 Å². The zero-order chi connectivity index (χ0) is 16.2. The molecule has 0 spiro atoms. The number of anilines is 3. The topological polar surface area (TPSA) is 41.1 Å². The number of benzene rings is 1. The standard InChI is InChI=1S/C17H20Cl2N4/c1-12-11-15(23-9-4-2-3-5-10-23)22-17(20-12)21-14-8-6-7-13(18)16(14)19/h6-8,11H,2-5,9-10H2,1H3,(H,20,21,22). The maximum Gasteiger partial charge on any atom is 0.229 e. The molecule has 1 aliphatic rings. The predicted molar refractivity (Wildman–Crippen MR) is 97.2 cm³/mol. The van der Waals surface area contributed by atoms with Crippen LogP contribution in [0.1, 0.15) is 31.4 Å². The van der Waals surface area contributed by atoms with Gasteiger partial charge in [-0.2, -0.15) is 4.98 Å². The molecule has 0 aliphatic carbocycles. The fourth-order valence-corrected chi connectivity index (χ4v) is 3.14. The monoisotopic (exact) mass is 350 g/mol. The van der Waals surface area contributed by atoms with Gasteiger partial charge in [0.05, 0.1) is 15.7 Å². The Morgan fingerprint density at radius 2 is 1.78 bits per heavy atom. The number of hydrogen-bond donors (Lipinski definition) is 1. The second-order valence-corrected chi connectivity index (χ2v) is 6.60. The molecule has 0 radical (unpaired) electrons. The highest BCUT2D eigenvalue weighted by atomic mass is 35.5. The van der Waals surface area contributed by atoms with Crippen molar-refractivity contribution < 1.29 is 0 Å². The van der Waals surface area contributed by atoms with Gasteiger partial charge < -0.3 is 10.2 Å². The van der Waals surface area contributed by atoms with E-state index in [-0.39, 0.29) is 0 Å². The first-order chi connectivity index (χ1) is 11.1. The van der Waals surface area contributed by atoms with Crippen LogP contribution in [0.4, 0.5) is 17.5 Å². The molecular formula is C17H20Cl2N4. The van der Waals surface area contributed by atoms with Crippen molar-refractivity contribution in [1.82, 2.24) is 9.97 Å². The summed E-state index contributed by atoms with van der Waals surface area (Å²) in [5.74, 6) is 1.52. The van der Waals surface area contributed by atoms with Gasteiger partial charge in [0.1, 0.15) is 5.82 Å². The highest BCUT2D eigenvalue weighted by Crippen LogP contribution is 2.31. The summed E-state index contributed by atoms with van der Waals surface area (Å²) in [6.07, 6.45) is 5.02. The summed E-state index contributed by atoms with van der Waals surface area (Å²) in [4.78, 5) is 11.5. The fraction of sp³-hybridized carbons (Fsp3) is 0.412. The minimum atomic E-state index is 0.482. The Labute approximate surface area is 146 Å². The first-order valence-electron chi connectivity index (χ1n) is 7.95. The molecule has 0 atom stereocenters. The molecule has 122 valence electrons. The van der Waals surface area contributed by atoms with Crippen LogP contribution in [-0.2, 0) is 0 Å². The van der Waals surface area contributed by atoms with E-state index in [1.54, 1.807) is 6.07 Å². The van der Waals surface area contributed by atoms with E-state index in [0.717, 1.165) is 24.6 Å². The first kappa shape index (κ1) is 16.3. The summed E-state index contributed by atoms with van der Waals surface area (Å²) in [6.45, 7) is 4.08. The lowest BCUT2D eigenvalue weighted by Gasteiger charge is -2.22. The summed E-state index contributed by atoms with van der Waals surface area (Å²) in [5, 5.41) is 4.18. The van der Waals surface area contributed by atoms with Gasteiger partial charge in [-0.25, -0.2) is 4.98 Å². The molecule has 0 amide bonds. The van der Waals surface area contributed by atoms with Crippen molar-refractivity contribution in [3.63, 3.8) is 0 Å². The highest BCUT2D eigenvalue weighted by Gasteiger charge is 2.14. The zero-order valence-corrected chi connectivity index (χ0v) is 14.7. The molecule has 0 saturated carbocycles. The van der Waals surface area contributed by atoms with Crippen LogP contribution < -0.4 is 10.2 Å². The van der Waals surface area contributed by atoms with E-state index < -0.39 is 0 Å². The fourth-order valence-electron chi connectivity index (χ4n) is 2.79. The Morgan fingerprint density at radius 3 is 2.52 bits per heavy atom. The number of aromatic nitrogens is 2. The van der Waals surface area contributed by atoms with E-state index in [2.05, 4.69) is 20.2 Å². The first-order valence-corrected chi connectivity index (χ1v) is 8.71. The van der Waals surface area contributed by atoms with Crippen molar-refractivity contribution in [1.29, 1.82) is 0 Å². The molecule has 1 saturated heterocycles. The van der Waals surface area contributed by atoms with Gasteiger partial charge in [-0.1, -0.05) is 42.1 Å². The lowest BCUT2D eigenvalue weighted by Crippen LogP contribution is -2.25. The average molecular weight is 351 g/mol. The number of aryl methyl sites for hydroxylation is 1. The average Bonchev–Trinajstić information content (AvgIpc) is 2.80. The Balaban J connectivity index is 1.86.